The summed E-state index contributed by atoms with van der Waals surface area (Å²) in [4.78, 5) is 42.7. The highest BCUT2D eigenvalue weighted by atomic mass is 16.6. The summed E-state index contributed by atoms with van der Waals surface area (Å²) in [5, 5.41) is 3.31. The van der Waals surface area contributed by atoms with E-state index in [4.69, 9.17) is 4.74 Å². The van der Waals surface area contributed by atoms with Crippen LogP contribution in [0.5, 0.6) is 0 Å². The molecule has 172 valence electrons. The maximum atomic E-state index is 12.4. The molecule has 2 fully saturated rings. The molecule has 2 aliphatic rings. The molecular formula is C24H32N4O4. The Hall–Kier alpha value is -3.03. The van der Waals surface area contributed by atoms with E-state index in [-0.39, 0.29) is 12.1 Å². The van der Waals surface area contributed by atoms with Gasteiger partial charge in [0.25, 0.3) is 10.9 Å². The van der Waals surface area contributed by atoms with Gasteiger partial charge in [0, 0.05) is 51.0 Å². The van der Waals surface area contributed by atoms with Gasteiger partial charge in [-0.1, -0.05) is 12.1 Å². The van der Waals surface area contributed by atoms with E-state index in [9.17, 15) is 14.4 Å². The number of nitrogens with zero attached hydrogens (tertiary/aromatic N) is 3. The van der Waals surface area contributed by atoms with Crippen LogP contribution in [0.25, 0.3) is 0 Å². The Morgan fingerprint density at radius 1 is 1.00 bits per heavy atom. The summed E-state index contributed by atoms with van der Waals surface area (Å²) in [7, 11) is 0. The summed E-state index contributed by atoms with van der Waals surface area (Å²) >= 11 is 0. The molecule has 1 N–H and O–H groups in total. The summed E-state index contributed by atoms with van der Waals surface area (Å²) in [6.45, 7) is 10.5. The average molecular weight is 441 g/mol. The summed E-state index contributed by atoms with van der Waals surface area (Å²) < 4.78 is 5.06. The first-order valence-corrected chi connectivity index (χ1v) is 11.5. The minimum Gasteiger partial charge on any atom is -0.450 e. The third kappa shape index (κ3) is 4.31. The van der Waals surface area contributed by atoms with Crippen LogP contribution in [-0.4, -0.2) is 62.9 Å². The molecule has 0 saturated carbocycles. The molecule has 2 saturated heterocycles. The molecule has 2 aliphatic heterocycles. The highest BCUT2D eigenvalue weighted by Crippen LogP contribution is 2.27. The molecule has 0 radical (unpaired) electrons. The highest BCUT2D eigenvalue weighted by molar-refractivity contribution is 5.76. The Morgan fingerprint density at radius 2 is 1.66 bits per heavy atom. The Labute approximate surface area is 188 Å². The number of benzene rings is 1. The van der Waals surface area contributed by atoms with Crippen LogP contribution in [-0.2, 0) is 4.74 Å². The number of nitrogens with one attached hydrogen (secondary N) is 1. The van der Waals surface area contributed by atoms with Crippen molar-refractivity contribution in [1.29, 1.82) is 0 Å². The van der Waals surface area contributed by atoms with Crippen molar-refractivity contribution in [3.63, 3.8) is 0 Å². The van der Waals surface area contributed by atoms with Crippen LogP contribution in [0, 0.1) is 13.8 Å². The van der Waals surface area contributed by atoms with Crippen molar-refractivity contribution in [3.8, 4) is 0 Å². The van der Waals surface area contributed by atoms with Gasteiger partial charge in [0.2, 0.25) is 0 Å². The lowest BCUT2D eigenvalue weighted by Gasteiger charge is -2.39. The molecule has 0 spiro atoms. The fourth-order valence-electron chi connectivity index (χ4n) is 4.67. The number of amides is 1. The number of piperidine rings is 1. The van der Waals surface area contributed by atoms with Crippen LogP contribution in [0.15, 0.2) is 27.8 Å². The highest BCUT2D eigenvalue weighted by Gasteiger charge is 2.31. The predicted molar refractivity (Wildman–Crippen MR) is 127 cm³/mol. The van der Waals surface area contributed by atoms with E-state index >= 15 is 0 Å². The van der Waals surface area contributed by atoms with Gasteiger partial charge >= 0.3 is 6.09 Å². The number of carbonyl (C=O) groups is 1. The standard InChI is InChI=1S/C24H32N4O4/c1-4-32-24(31)28-9-7-18(8-10-28)25-20-21(23(30)22(20)29)27-13-11-26(12-14-27)19-15-16(2)5-6-17(19)3/h5-6,15,18,25H,4,7-14H2,1-3H3. The summed E-state index contributed by atoms with van der Waals surface area (Å²) in [6.07, 6.45) is 1.15. The van der Waals surface area contributed by atoms with Crippen molar-refractivity contribution in [1.82, 2.24) is 4.90 Å². The van der Waals surface area contributed by atoms with E-state index in [2.05, 4.69) is 42.3 Å². The molecule has 2 aromatic carbocycles. The Morgan fingerprint density at radius 3 is 2.31 bits per heavy atom. The molecule has 8 heteroatoms. The van der Waals surface area contributed by atoms with Crippen LogP contribution in [0.1, 0.15) is 30.9 Å². The van der Waals surface area contributed by atoms with E-state index in [1.54, 1.807) is 11.8 Å². The largest absolute Gasteiger partial charge is 0.450 e. The Balaban J connectivity index is 1.37. The molecule has 0 unspecified atom stereocenters. The quantitative estimate of drug-likeness (QED) is 0.714. The first kappa shape index (κ1) is 22.2. The lowest BCUT2D eigenvalue weighted by atomic mass is 10.0. The molecule has 2 heterocycles. The van der Waals surface area contributed by atoms with Crippen molar-refractivity contribution < 1.29 is 9.53 Å². The maximum Gasteiger partial charge on any atom is 0.409 e. The van der Waals surface area contributed by atoms with Crippen LogP contribution >= 0.6 is 0 Å². The maximum absolute atomic E-state index is 12.4. The van der Waals surface area contributed by atoms with Gasteiger partial charge in [-0.2, -0.15) is 0 Å². The molecule has 0 aromatic heterocycles. The number of likely N-dealkylation sites (tertiary alicyclic amines) is 1. The van der Waals surface area contributed by atoms with Crippen molar-refractivity contribution in [3.05, 3.63) is 49.8 Å². The van der Waals surface area contributed by atoms with Gasteiger partial charge in [-0.3, -0.25) is 9.59 Å². The number of hydrogen-bond donors (Lipinski definition) is 1. The van der Waals surface area contributed by atoms with Gasteiger partial charge in [0.05, 0.1) is 6.61 Å². The molecule has 4 rings (SSSR count). The van der Waals surface area contributed by atoms with Gasteiger partial charge in [0.15, 0.2) is 0 Å². The van der Waals surface area contributed by atoms with Gasteiger partial charge in [0.1, 0.15) is 11.4 Å². The minimum absolute atomic E-state index is 0.0685. The number of rotatable bonds is 5. The third-order valence-electron chi connectivity index (χ3n) is 6.56. The van der Waals surface area contributed by atoms with Crippen molar-refractivity contribution >= 4 is 23.2 Å². The number of anilines is 3. The average Bonchev–Trinajstić information content (AvgIpc) is 2.81. The Kier molecular flexibility index (Phi) is 6.39. The zero-order valence-electron chi connectivity index (χ0n) is 19.1. The topological polar surface area (TPSA) is 82.2 Å². The van der Waals surface area contributed by atoms with E-state index in [0.29, 0.717) is 44.2 Å². The zero-order chi connectivity index (χ0) is 22.8. The van der Waals surface area contributed by atoms with Gasteiger partial charge in [-0.15, -0.1) is 0 Å². The fraction of sp³-hybridized carbons (Fsp3) is 0.542. The van der Waals surface area contributed by atoms with E-state index in [0.717, 1.165) is 25.9 Å². The normalized spacial score (nSPS) is 17.7. The molecule has 0 bridgehead atoms. The summed E-state index contributed by atoms with van der Waals surface area (Å²) in [6, 6.07) is 6.54. The molecule has 32 heavy (non-hydrogen) atoms. The lowest BCUT2D eigenvalue weighted by Crippen LogP contribution is -2.52. The van der Waals surface area contributed by atoms with Crippen LogP contribution in [0.3, 0.4) is 0 Å². The molecule has 0 atom stereocenters. The van der Waals surface area contributed by atoms with Crippen LogP contribution in [0.2, 0.25) is 0 Å². The monoisotopic (exact) mass is 440 g/mol. The van der Waals surface area contributed by atoms with Gasteiger partial charge < -0.3 is 24.8 Å². The summed E-state index contributed by atoms with van der Waals surface area (Å²) in [5.41, 5.74) is 3.88. The number of ether oxygens (including phenoxy) is 1. The second kappa shape index (κ2) is 9.22. The molecule has 1 amide bonds. The SMILES string of the molecule is CCOC(=O)N1CCC(Nc2c(N3CCN(c4cc(C)ccc4C)CC3)c(=O)c2=O)CC1. The number of carbonyl (C=O) groups excluding carboxylic acids is 1. The minimum atomic E-state index is -0.426. The zero-order valence-corrected chi connectivity index (χ0v) is 19.1. The fourth-order valence-corrected chi connectivity index (χ4v) is 4.67. The van der Waals surface area contributed by atoms with Crippen LogP contribution < -0.4 is 26.0 Å². The van der Waals surface area contributed by atoms with Crippen molar-refractivity contribution in [2.75, 3.05) is 61.0 Å². The van der Waals surface area contributed by atoms with E-state index in [1.807, 2.05) is 4.90 Å². The van der Waals surface area contributed by atoms with E-state index < -0.39 is 10.9 Å². The number of piperazine rings is 1. The predicted octanol–water partition coefficient (Wildman–Crippen LogP) is 2.26. The first-order valence-electron chi connectivity index (χ1n) is 11.5. The second-order valence-electron chi connectivity index (χ2n) is 8.75. The summed E-state index contributed by atoms with van der Waals surface area (Å²) in [5.74, 6) is 0. The van der Waals surface area contributed by atoms with Gasteiger partial charge in [-0.05, 0) is 50.8 Å². The molecule has 8 nitrogen and oxygen atoms in total. The van der Waals surface area contributed by atoms with Crippen molar-refractivity contribution in [2.24, 2.45) is 0 Å². The molecule has 2 aromatic rings. The Bertz CT molecular complexity index is 1040. The van der Waals surface area contributed by atoms with E-state index in [1.165, 1.54) is 16.8 Å². The molecule has 0 aliphatic carbocycles. The lowest BCUT2D eigenvalue weighted by molar-refractivity contribution is 0.0983. The third-order valence-corrected chi connectivity index (χ3v) is 6.56. The number of aryl methyl sites for hydroxylation is 2. The second-order valence-corrected chi connectivity index (χ2v) is 8.75. The van der Waals surface area contributed by atoms with Crippen LogP contribution in [0.4, 0.5) is 21.9 Å². The smallest absolute Gasteiger partial charge is 0.409 e. The first-order chi connectivity index (χ1) is 15.4. The van der Waals surface area contributed by atoms with Gasteiger partial charge in [-0.25, -0.2) is 4.79 Å². The molecular weight excluding hydrogens is 408 g/mol. The van der Waals surface area contributed by atoms with Crippen molar-refractivity contribution in [2.45, 2.75) is 39.7 Å². The number of hydrogen-bond acceptors (Lipinski definition) is 7.